The molecule has 0 spiro atoms. The summed E-state index contributed by atoms with van der Waals surface area (Å²) in [5, 5.41) is 4.83. The number of esters is 1. The standard InChI is InChI=1S/C18H15ClF3N3O4S/c1-8-12(13(26)24-11-7-9(18(20,21)22)3-4-10(11)19)30-16(23-8)25-14(27)17(5-6-17)15(28)29-2/h3-4,7H,5-6H2,1-2H3,(H,24,26)(H,23,25,27). The number of nitrogens with one attached hydrogen (secondary N) is 2. The van der Waals surface area contributed by atoms with Crippen LogP contribution in [0.3, 0.4) is 0 Å². The molecule has 2 amide bonds. The average molecular weight is 462 g/mol. The molecule has 0 aliphatic heterocycles. The van der Waals surface area contributed by atoms with E-state index in [-0.39, 0.29) is 26.4 Å². The van der Waals surface area contributed by atoms with Gasteiger partial charge in [-0.25, -0.2) is 4.98 Å². The zero-order chi connectivity index (χ0) is 22.3. The normalized spacial score (nSPS) is 14.7. The van der Waals surface area contributed by atoms with Crippen LogP contribution in [0, 0.1) is 12.3 Å². The molecule has 0 atom stereocenters. The van der Waals surface area contributed by atoms with Gasteiger partial charge in [0.25, 0.3) is 5.91 Å². The molecule has 7 nitrogen and oxygen atoms in total. The molecule has 0 radical (unpaired) electrons. The molecule has 1 saturated carbocycles. The topological polar surface area (TPSA) is 97.4 Å². The van der Waals surface area contributed by atoms with Gasteiger partial charge in [-0.15, -0.1) is 0 Å². The molecule has 2 N–H and O–H groups in total. The third-order valence-corrected chi connectivity index (χ3v) is 5.93. The number of benzene rings is 1. The van der Waals surface area contributed by atoms with E-state index in [1.54, 1.807) is 0 Å². The van der Waals surface area contributed by atoms with E-state index < -0.39 is 34.9 Å². The summed E-state index contributed by atoms with van der Waals surface area (Å²) < 4.78 is 43.3. The average Bonchev–Trinajstić information content (AvgIpc) is 3.40. The number of hydrogen-bond donors (Lipinski definition) is 2. The third kappa shape index (κ3) is 4.26. The monoisotopic (exact) mass is 461 g/mol. The summed E-state index contributed by atoms with van der Waals surface area (Å²) in [7, 11) is 1.19. The van der Waals surface area contributed by atoms with E-state index in [0.29, 0.717) is 12.8 Å². The second-order valence-corrected chi connectivity index (χ2v) is 8.01. The van der Waals surface area contributed by atoms with Gasteiger partial charge in [0.15, 0.2) is 5.13 Å². The zero-order valence-electron chi connectivity index (χ0n) is 15.6. The molecule has 3 rings (SSSR count). The van der Waals surface area contributed by atoms with E-state index >= 15 is 0 Å². The molecule has 1 aliphatic carbocycles. The minimum atomic E-state index is -4.60. The van der Waals surface area contributed by atoms with Crippen molar-refractivity contribution in [2.45, 2.75) is 25.9 Å². The van der Waals surface area contributed by atoms with E-state index in [4.69, 9.17) is 11.6 Å². The number of hydrogen-bond acceptors (Lipinski definition) is 6. The minimum absolute atomic E-state index is 0.0687. The number of carbonyl (C=O) groups excluding carboxylic acids is 3. The Balaban J connectivity index is 1.77. The number of methoxy groups -OCH3 is 1. The van der Waals surface area contributed by atoms with E-state index in [2.05, 4.69) is 20.4 Å². The Kier molecular flexibility index (Phi) is 5.79. The first-order valence-corrected chi connectivity index (χ1v) is 9.73. The van der Waals surface area contributed by atoms with Crippen LogP contribution in [0.2, 0.25) is 5.02 Å². The molecular weight excluding hydrogens is 447 g/mol. The molecule has 2 aromatic rings. The van der Waals surface area contributed by atoms with Crippen LogP contribution in [-0.2, 0) is 20.5 Å². The van der Waals surface area contributed by atoms with Crippen molar-refractivity contribution in [3.05, 3.63) is 39.4 Å². The first kappa shape index (κ1) is 22.0. The van der Waals surface area contributed by atoms with Gasteiger partial charge < -0.3 is 15.4 Å². The Morgan fingerprint density at radius 3 is 2.47 bits per heavy atom. The first-order chi connectivity index (χ1) is 14.0. The van der Waals surface area contributed by atoms with Crippen LogP contribution in [-0.4, -0.2) is 29.9 Å². The first-order valence-electron chi connectivity index (χ1n) is 8.53. The number of alkyl halides is 3. The summed E-state index contributed by atoms with van der Waals surface area (Å²) in [6.45, 7) is 1.50. The molecule has 30 heavy (non-hydrogen) atoms. The summed E-state index contributed by atoms with van der Waals surface area (Å²) in [5.41, 5.74) is -2.17. The highest BCUT2D eigenvalue weighted by atomic mass is 35.5. The lowest BCUT2D eigenvalue weighted by Crippen LogP contribution is -2.32. The van der Waals surface area contributed by atoms with E-state index in [1.807, 2.05) is 0 Å². The summed E-state index contributed by atoms with van der Waals surface area (Å²) in [4.78, 5) is 40.9. The third-order valence-electron chi connectivity index (χ3n) is 4.53. The van der Waals surface area contributed by atoms with E-state index in [1.165, 1.54) is 14.0 Å². The van der Waals surface area contributed by atoms with Crippen molar-refractivity contribution in [2.75, 3.05) is 17.7 Å². The quantitative estimate of drug-likeness (QED) is 0.512. The predicted octanol–water partition coefficient (Wildman–Crippen LogP) is 4.27. The van der Waals surface area contributed by atoms with Crippen molar-refractivity contribution < 1.29 is 32.3 Å². The van der Waals surface area contributed by atoms with Crippen LogP contribution in [0.5, 0.6) is 0 Å². The van der Waals surface area contributed by atoms with Gasteiger partial charge in [0.05, 0.1) is 29.1 Å². The van der Waals surface area contributed by atoms with Crippen LogP contribution in [0.15, 0.2) is 18.2 Å². The van der Waals surface area contributed by atoms with Gasteiger partial charge in [0.1, 0.15) is 10.3 Å². The fourth-order valence-corrected chi connectivity index (χ4v) is 3.72. The molecule has 1 aliphatic rings. The highest BCUT2D eigenvalue weighted by Gasteiger charge is 2.58. The highest BCUT2D eigenvalue weighted by molar-refractivity contribution is 7.17. The van der Waals surface area contributed by atoms with Crippen molar-refractivity contribution in [3.63, 3.8) is 0 Å². The molecule has 12 heteroatoms. The maximum absolute atomic E-state index is 12.9. The second-order valence-electron chi connectivity index (χ2n) is 6.61. The molecule has 1 aromatic carbocycles. The fraction of sp³-hybridized carbons (Fsp3) is 0.333. The lowest BCUT2D eigenvalue weighted by atomic mass is 10.1. The largest absolute Gasteiger partial charge is 0.468 e. The van der Waals surface area contributed by atoms with Gasteiger partial charge in [-0.05, 0) is 38.0 Å². The number of ether oxygens (including phenoxy) is 1. The summed E-state index contributed by atoms with van der Waals surface area (Å²) in [6.07, 6.45) is -3.91. The van der Waals surface area contributed by atoms with Gasteiger partial charge in [0.2, 0.25) is 5.91 Å². The summed E-state index contributed by atoms with van der Waals surface area (Å²) >= 11 is 6.72. The molecule has 0 bridgehead atoms. The zero-order valence-corrected chi connectivity index (χ0v) is 17.2. The Hall–Kier alpha value is -2.66. The van der Waals surface area contributed by atoms with Gasteiger partial charge >= 0.3 is 12.1 Å². The van der Waals surface area contributed by atoms with Crippen molar-refractivity contribution in [1.29, 1.82) is 0 Å². The lowest BCUT2D eigenvalue weighted by molar-refractivity contribution is -0.150. The smallest absolute Gasteiger partial charge is 0.416 e. The van der Waals surface area contributed by atoms with Crippen molar-refractivity contribution in [2.24, 2.45) is 5.41 Å². The molecule has 1 aromatic heterocycles. The number of aryl methyl sites for hydroxylation is 1. The lowest BCUT2D eigenvalue weighted by Gasteiger charge is -2.11. The maximum Gasteiger partial charge on any atom is 0.416 e. The number of aromatic nitrogens is 1. The van der Waals surface area contributed by atoms with Crippen molar-refractivity contribution >= 4 is 51.5 Å². The summed E-state index contributed by atoms with van der Waals surface area (Å²) in [5.74, 6) is -1.97. The van der Waals surface area contributed by atoms with Gasteiger partial charge in [-0.3, -0.25) is 14.4 Å². The molecular formula is C18H15ClF3N3O4S. The maximum atomic E-state index is 12.9. The molecule has 160 valence electrons. The van der Waals surface area contributed by atoms with Crippen LogP contribution < -0.4 is 10.6 Å². The predicted molar refractivity (Wildman–Crippen MR) is 104 cm³/mol. The second kappa shape index (κ2) is 7.88. The Bertz CT molecular complexity index is 1030. The van der Waals surface area contributed by atoms with Gasteiger partial charge in [0, 0.05) is 0 Å². The highest BCUT2D eigenvalue weighted by Crippen LogP contribution is 2.47. The summed E-state index contributed by atoms with van der Waals surface area (Å²) in [6, 6.07) is 2.57. The van der Waals surface area contributed by atoms with Crippen molar-refractivity contribution in [3.8, 4) is 0 Å². The SMILES string of the molecule is COC(=O)C1(C(=O)Nc2nc(C)c(C(=O)Nc3cc(C(F)(F)F)ccc3Cl)s2)CC1. The van der Waals surface area contributed by atoms with E-state index in [9.17, 15) is 27.6 Å². The Labute approximate surface area is 177 Å². The van der Waals surface area contributed by atoms with Crippen molar-refractivity contribution in [1.82, 2.24) is 4.98 Å². The number of carbonyl (C=O) groups is 3. The Morgan fingerprint density at radius 2 is 1.90 bits per heavy atom. The fourth-order valence-electron chi connectivity index (χ4n) is 2.70. The number of rotatable bonds is 5. The number of nitrogens with zero attached hydrogens (tertiary/aromatic N) is 1. The van der Waals surface area contributed by atoms with Gasteiger partial charge in [-0.1, -0.05) is 22.9 Å². The molecule has 1 heterocycles. The van der Waals surface area contributed by atoms with Crippen LogP contribution in [0.25, 0.3) is 0 Å². The number of amides is 2. The number of thiazole rings is 1. The Morgan fingerprint density at radius 1 is 1.23 bits per heavy atom. The number of anilines is 2. The van der Waals surface area contributed by atoms with Crippen LogP contribution in [0.1, 0.15) is 33.8 Å². The molecule has 0 unspecified atom stereocenters. The molecule has 0 saturated heterocycles. The molecule has 1 fully saturated rings. The van der Waals surface area contributed by atoms with Crippen LogP contribution in [0.4, 0.5) is 24.0 Å². The van der Waals surface area contributed by atoms with E-state index in [0.717, 1.165) is 29.5 Å². The van der Waals surface area contributed by atoms with Crippen LogP contribution >= 0.6 is 22.9 Å². The van der Waals surface area contributed by atoms with Gasteiger partial charge in [-0.2, -0.15) is 13.2 Å². The number of halogens is 4. The minimum Gasteiger partial charge on any atom is -0.468 e.